The van der Waals surface area contributed by atoms with Crippen LogP contribution in [-0.2, 0) is 30.3 Å². The first-order valence-electron chi connectivity index (χ1n) is 9.46. The molecule has 2 rings (SSSR count). The van der Waals surface area contributed by atoms with Gasteiger partial charge in [0.1, 0.15) is 12.1 Å². The summed E-state index contributed by atoms with van der Waals surface area (Å²) in [4.78, 5) is 50.2. The van der Waals surface area contributed by atoms with Gasteiger partial charge in [-0.2, -0.15) is 0 Å². The van der Waals surface area contributed by atoms with Crippen molar-refractivity contribution in [1.29, 1.82) is 0 Å². The maximum Gasteiger partial charge on any atom is 0.242 e. The molecule has 3 atom stereocenters. The molecule has 1 aliphatic heterocycles. The minimum Gasteiger partial charge on any atom is -0.365 e. The van der Waals surface area contributed by atoms with E-state index in [1.165, 1.54) is 6.92 Å². The number of carbonyl (C=O) groups excluding carboxylic acids is 4. The Hall–Kier alpha value is -2.78. The number of hydrogen-bond acceptors (Lipinski definition) is 6. The second-order valence-corrected chi connectivity index (χ2v) is 7.28. The van der Waals surface area contributed by atoms with Crippen molar-refractivity contribution >= 4 is 23.5 Å². The molecule has 0 aliphatic carbocycles. The van der Waals surface area contributed by atoms with Crippen LogP contribution in [0.25, 0.3) is 0 Å². The van der Waals surface area contributed by atoms with E-state index in [4.69, 9.17) is 4.74 Å². The van der Waals surface area contributed by atoms with Crippen LogP contribution in [0, 0.1) is 0 Å². The Morgan fingerprint density at radius 3 is 2.34 bits per heavy atom. The third-order valence-electron chi connectivity index (χ3n) is 4.27. The van der Waals surface area contributed by atoms with E-state index in [0.717, 1.165) is 5.56 Å². The topological polar surface area (TPSA) is 120 Å². The van der Waals surface area contributed by atoms with Crippen molar-refractivity contribution in [1.82, 2.24) is 20.9 Å². The van der Waals surface area contributed by atoms with Gasteiger partial charge in [-0.15, -0.1) is 0 Å². The van der Waals surface area contributed by atoms with Crippen LogP contribution in [0.5, 0.6) is 0 Å². The summed E-state index contributed by atoms with van der Waals surface area (Å²) in [6.45, 7) is 1.76. The van der Waals surface area contributed by atoms with Gasteiger partial charge in [0, 0.05) is 0 Å². The highest BCUT2D eigenvalue weighted by Crippen LogP contribution is 2.15. The van der Waals surface area contributed by atoms with Crippen LogP contribution in [0.2, 0.25) is 0 Å². The normalized spacial score (nSPS) is 17.2. The lowest BCUT2D eigenvalue weighted by Crippen LogP contribution is -2.51. The Morgan fingerprint density at radius 1 is 1.10 bits per heavy atom. The SMILES string of the molecule is CC(NC(=O)CN(C)C)C(=O)NCC(=O)NC(Cc1ccccc1)C(=O)[C@H]1CO1. The van der Waals surface area contributed by atoms with Crippen LogP contribution in [0.4, 0.5) is 0 Å². The van der Waals surface area contributed by atoms with E-state index in [2.05, 4.69) is 16.0 Å². The van der Waals surface area contributed by atoms with Crippen LogP contribution < -0.4 is 16.0 Å². The molecule has 9 heteroatoms. The predicted octanol–water partition coefficient (Wildman–Crippen LogP) is -1.14. The fourth-order valence-corrected chi connectivity index (χ4v) is 2.72. The Kier molecular flexibility index (Phi) is 8.29. The highest BCUT2D eigenvalue weighted by molar-refractivity contribution is 5.95. The first-order valence-corrected chi connectivity index (χ1v) is 9.46. The molecule has 1 heterocycles. The molecule has 9 nitrogen and oxygen atoms in total. The van der Waals surface area contributed by atoms with Crippen molar-refractivity contribution in [3.8, 4) is 0 Å². The maximum absolute atomic E-state index is 12.4. The number of epoxide rings is 1. The molecule has 1 aliphatic rings. The summed E-state index contributed by atoms with van der Waals surface area (Å²) >= 11 is 0. The Labute approximate surface area is 170 Å². The van der Waals surface area contributed by atoms with Crippen LogP contribution in [0.15, 0.2) is 30.3 Å². The number of carbonyl (C=O) groups is 4. The van der Waals surface area contributed by atoms with Gasteiger partial charge < -0.3 is 25.6 Å². The number of ether oxygens (including phenoxy) is 1. The smallest absolute Gasteiger partial charge is 0.242 e. The van der Waals surface area contributed by atoms with Crippen molar-refractivity contribution < 1.29 is 23.9 Å². The minimum atomic E-state index is -0.781. The molecule has 158 valence electrons. The summed E-state index contributed by atoms with van der Waals surface area (Å²) in [5.74, 6) is -1.44. The number of amides is 3. The van der Waals surface area contributed by atoms with Gasteiger partial charge >= 0.3 is 0 Å². The van der Waals surface area contributed by atoms with Gasteiger partial charge in [0.2, 0.25) is 17.7 Å². The molecule has 2 unspecified atom stereocenters. The summed E-state index contributed by atoms with van der Waals surface area (Å²) in [5, 5.41) is 7.70. The molecule has 0 bridgehead atoms. The molecule has 3 N–H and O–H groups in total. The number of Topliss-reactive ketones (excluding diaryl/α,β-unsaturated/α-hetero) is 1. The van der Waals surface area contributed by atoms with Crippen molar-refractivity contribution in [3.05, 3.63) is 35.9 Å². The lowest BCUT2D eigenvalue weighted by molar-refractivity contribution is -0.131. The summed E-state index contributed by atoms with van der Waals surface area (Å²) in [5.41, 5.74) is 0.910. The third kappa shape index (κ3) is 8.00. The van der Waals surface area contributed by atoms with Crippen LogP contribution in [0.1, 0.15) is 12.5 Å². The zero-order valence-corrected chi connectivity index (χ0v) is 16.9. The van der Waals surface area contributed by atoms with Crippen LogP contribution in [0.3, 0.4) is 0 Å². The van der Waals surface area contributed by atoms with Crippen molar-refractivity contribution in [3.63, 3.8) is 0 Å². The molecule has 1 saturated heterocycles. The highest BCUT2D eigenvalue weighted by atomic mass is 16.6. The van der Waals surface area contributed by atoms with Crippen LogP contribution in [-0.4, -0.2) is 80.4 Å². The Balaban J connectivity index is 1.83. The van der Waals surface area contributed by atoms with E-state index in [0.29, 0.717) is 13.0 Å². The van der Waals surface area contributed by atoms with E-state index in [1.807, 2.05) is 30.3 Å². The third-order valence-corrected chi connectivity index (χ3v) is 4.27. The lowest BCUT2D eigenvalue weighted by atomic mass is 10.0. The molecule has 1 fully saturated rings. The molecular weight excluding hydrogens is 376 g/mol. The van der Waals surface area contributed by atoms with E-state index in [9.17, 15) is 19.2 Å². The standard InChI is InChI=1S/C20H28N4O5/c1-13(22-18(26)11-24(2)3)20(28)21-10-17(25)23-15(19(27)16-12-29-16)9-14-7-5-4-6-8-14/h4-8,13,15-16H,9-12H2,1-3H3,(H,21,28)(H,22,26)(H,23,25)/t13?,15?,16-/m1/s1. The van der Waals surface area contributed by atoms with Crippen molar-refractivity contribution in [2.45, 2.75) is 31.5 Å². The largest absolute Gasteiger partial charge is 0.365 e. The highest BCUT2D eigenvalue weighted by Gasteiger charge is 2.37. The number of nitrogens with one attached hydrogen (secondary N) is 3. The van der Waals surface area contributed by atoms with E-state index in [1.54, 1.807) is 19.0 Å². The number of nitrogens with zero attached hydrogens (tertiary/aromatic N) is 1. The van der Waals surface area contributed by atoms with Crippen molar-refractivity contribution in [2.24, 2.45) is 0 Å². The second-order valence-electron chi connectivity index (χ2n) is 7.28. The number of likely N-dealkylation sites (N-methyl/N-ethyl adjacent to an activating group) is 1. The van der Waals surface area contributed by atoms with Gasteiger partial charge in [0.05, 0.1) is 25.7 Å². The second kappa shape index (κ2) is 10.7. The first-order chi connectivity index (χ1) is 13.8. The first kappa shape index (κ1) is 22.5. The van der Waals surface area contributed by atoms with E-state index < -0.39 is 30.0 Å². The van der Waals surface area contributed by atoms with E-state index >= 15 is 0 Å². The minimum absolute atomic E-state index is 0.157. The summed E-state index contributed by atoms with van der Waals surface area (Å²) in [6.07, 6.45) is -0.138. The molecule has 0 radical (unpaired) electrons. The number of benzene rings is 1. The zero-order valence-electron chi connectivity index (χ0n) is 16.9. The predicted molar refractivity (Wildman–Crippen MR) is 106 cm³/mol. The molecule has 1 aromatic rings. The average Bonchev–Trinajstić information content (AvgIpc) is 3.50. The van der Waals surface area contributed by atoms with Crippen molar-refractivity contribution in [2.75, 3.05) is 33.8 Å². The van der Waals surface area contributed by atoms with Gasteiger partial charge in [0.25, 0.3) is 0 Å². The summed E-state index contributed by atoms with van der Waals surface area (Å²) in [6, 6.07) is 7.83. The zero-order chi connectivity index (χ0) is 21.4. The lowest BCUT2D eigenvalue weighted by Gasteiger charge is -2.18. The molecule has 3 amide bonds. The van der Waals surface area contributed by atoms with Gasteiger partial charge in [0.15, 0.2) is 5.78 Å². The van der Waals surface area contributed by atoms with Gasteiger partial charge in [-0.25, -0.2) is 0 Å². The van der Waals surface area contributed by atoms with E-state index in [-0.39, 0.29) is 24.8 Å². The monoisotopic (exact) mass is 404 g/mol. The molecule has 29 heavy (non-hydrogen) atoms. The number of hydrogen-bond donors (Lipinski definition) is 3. The quantitative estimate of drug-likeness (QED) is 0.401. The summed E-state index contributed by atoms with van der Waals surface area (Å²) in [7, 11) is 3.49. The van der Waals surface area contributed by atoms with Crippen LogP contribution >= 0.6 is 0 Å². The van der Waals surface area contributed by atoms with Gasteiger partial charge in [-0.05, 0) is 33.0 Å². The number of rotatable bonds is 11. The maximum atomic E-state index is 12.4. The Morgan fingerprint density at radius 2 is 1.76 bits per heavy atom. The molecule has 1 aromatic carbocycles. The molecular formula is C20H28N4O5. The van der Waals surface area contributed by atoms with Gasteiger partial charge in [-0.3, -0.25) is 19.2 Å². The summed E-state index contributed by atoms with van der Waals surface area (Å²) < 4.78 is 5.05. The molecule has 0 spiro atoms. The Bertz CT molecular complexity index is 734. The molecule has 0 saturated carbocycles. The van der Waals surface area contributed by atoms with Gasteiger partial charge in [-0.1, -0.05) is 30.3 Å². The average molecular weight is 404 g/mol. The number of ketones is 1. The fraction of sp³-hybridized carbons (Fsp3) is 0.500. The molecule has 0 aromatic heterocycles. The fourth-order valence-electron chi connectivity index (χ4n) is 2.72.